The predicted molar refractivity (Wildman–Crippen MR) is 70.4 cm³/mol. The van der Waals surface area contributed by atoms with Gasteiger partial charge in [0.2, 0.25) is 0 Å². The monoisotopic (exact) mass is 273 g/mol. The maximum Gasteiger partial charge on any atom is 0.182 e. The van der Waals surface area contributed by atoms with Crippen LogP contribution in [0.25, 0.3) is 11.2 Å². The molecule has 1 aromatic carbocycles. The van der Waals surface area contributed by atoms with Gasteiger partial charge < -0.3 is 25.6 Å². The number of phenolic OH excluding ortho intramolecular Hbond substituents is 3. The van der Waals surface area contributed by atoms with E-state index in [4.69, 9.17) is 0 Å². The SMILES string of the molecule is Oc1cc(O)c(CNc2ncnc3nc[nH]c23)cc1O. The van der Waals surface area contributed by atoms with E-state index in [1.165, 1.54) is 18.7 Å². The molecule has 3 rings (SSSR count). The molecule has 3 aromatic rings. The van der Waals surface area contributed by atoms with Crippen LogP contribution in [0, 0.1) is 0 Å². The van der Waals surface area contributed by atoms with E-state index in [1.54, 1.807) is 0 Å². The Hall–Kier alpha value is -3.03. The lowest BCUT2D eigenvalue weighted by molar-refractivity contribution is 0.394. The summed E-state index contributed by atoms with van der Waals surface area (Å²) < 4.78 is 0. The third-order valence-corrected chi connectivity index (χ3v) is 2.85. The van der Waals surface area contributed by atoms with Crippen LogP contribution in [0.1, 0.15) is 5.56 Å². The van der Waals surface area contributed by atoms with E-state index in [9.17, 15) is 15.3 Å². The van der Waals surface area contributed by atoms with Crippen LogP contribution in [0.2, 0.25) is 0 Å². The van der Waals surface area contributed by atoms with Crippen molar-refractivity contribution in [1.82, 2.24) is 19.9 Å². The summed E-state index contributed by atoms with van der Waals surface area (Å²) in [6.07, 6.45) is 2.88. The van der Waals surface area contributed by atoms with Gasteiger partial charge in [-0.25, -0.2) is 15.0 Å². The summed E-state index contributed by atoms with van der Waals surface area (Å²) in [6, 6.07) is 2.36. The minimum absolute atomic E-state index is 0.122. The fourth-order valence-electron chi connectivity index (χ4n) is 1.83. The molecule has 8 nitrogen and oxygen atoms in total. The molecule has 5 N–H and O–H groups in total. The maximum atomic E-state index is 9.70. The van der Waals surface area contributed by atoms with Gasteiger partial charge in [0.15, 0.2) is 23.0 Å². The van der Waals surface area contributed by atoms with Gasteiger partial charge in [0.05, 0.1) is 6.33 Å². The van der Waals surface area contributed by atoms with Crippen molar-refractivity contribution < 1.29 is 15.3 Å². The lowest BCUT2D eigenvalue weighted by atomic mass is 10.1. The Morgan fingerprint density at radius 3 is 2.65 bits per heavy atom. The van der Waals surface area contributed by atoms with Gasteiger partial charge in [0.25, 0.3) is 0 Å². The highest BCUT2D eigenvalue weighted by Gasteiger charge is 2.10. The number of rotatable bonds is 3. The molecule has 0 bridgehead atoms. The van der Waals surface area contributed by atoms with Gasteiger partial charge in [-0.2, -0.15) is 0 Å². The Bertz CT molecular complexity index is 771. The molecule has 0 aliphatic rings. The van der Waals surface area contributed by atoms with Gasteiger partial charge in [-0.1, -0.05) is 0 Å². The Labute approximate surface area is 112 Å². The molecule has 102 valence electrons. The molecular weight excluding hydrogens is 262 g/mol. The van der Waals surface area contributed by atoms with Gasteiger partial charge in [-0.05, 0) is 6.07 Å². The van der Waals surface area contributed by atoms with E-state index in [0.29, 0.717) is 22.5 Å². The van der Waals surface area contributed by atoms with Crippen molar-refractivity contribution >= 4 is 17.0 Å². The van der Waals surface area contributed by atoms with Gasteiger partial charge in [0.1, 0.15) is 17.6 Å². The third kappa shape index (κ3) is 2.03. The first kappa shape index (κ1) is 12.0. The molecule has 2 heterocycles. The Morgan fingerprint density at radius 1 is 1.00 bits per heavy atom. The van der Waals surface area contributed by atoms with Gasteiger partial charge in [-0.15, -0.1) is 0 Å². The number of aromatic amines is 1. The Balaban J connectivity index is 1.86. The van der Waals surface area contributed by atoms with Gasteiger partial charge in [-0.3, -0.25) is 0 Å². The number of fused-ring (bicyclic) bond motifs is 1. The van der Waals surface area contributed by atoms with Crippen LogP contribution < -0.4 is 5.32 Å². The minimum Gasteiger partial charge on any atom is -0.507 e. The summed E-state index contributed by atoms with van der Waals surface area (Å²) in [5, 5.41) is 31.4. The summed E-state index contributed by atoms with van der Waals surface area (Å²) in [6.45, 7) is 0.213. The zero-order valence-corrected chi connectivity index (χ0v) is 10.2. The largest absolute Gasteiger partial charge is 0.507 e. The average Bonchev–Trinajstić information content (AvgIpc) is 2.90. The van der Waals surface area contributed by atoms with Crippen LogP contribution in [0.3, 0.4) is 0 Å². The number of hydrogen-bond donors (Lipinski definition) is 5. The number of nitrogens with zero attached hydrogens (tertiary/aromatic N) is 3. The second kappa shape index (κ2) is 4.57. The normalized spacial score (nSPS) is 10.8. The molecule has 0 unspecified atom stereocenters. The average molecular weight is 273 g/mol. The van der Waals surface area contributed by atoms with Crippen molar-refractivity contribution in [2.45, 2.75) is 6.54 Å². The zero-order valence-electron chi connectivity index (χ0n) is 10.2. The van der Waals surface area contributed by atoms with Crippen molar-refractivity contribution in [2.75, 3.05) is 5.32 Å². The van der Waals surface area contributed by atoms with E-state index in [-0.39, 0.29) is 23.8 Å². The summed E-state index contributed by atoms with van der Waals surface area (Å²) in [7, 11) is 0. The number of nitrogens with one attached hydrogen (secondary N) is 2. The highest BCUT2D eigenvalue weighted by Crippen LogP contribution is 2.32. The molecular formula is C12H11N5O3. The molecule has 2 aromatic heterocycles. The standard InChI is InChI=1S/C12H11N5O3/c18-7-2-9(20)8(19)1-6(7)3-13-11-10-12(15-4-14-10)17-5-16-11/h1-2,4-5,18-20H,3H2,(H2,13,14,15,16,17). The molecule has 0 amide bonds. The van der Waals surface area contributed by atoms with Crippen molar-refractivity contribution in [3.05, 3.63) is 30.4 Å². The third-order valence-electron chi connectivity index (χ3n) is 2.85. The number of aromatic hydroxyl groups is 3. The molecule has 0 radical (unpaired) electrons. The molecule has 0 fully saturated rings. The topological polar surface area (TPSA) is 127 Å². The highest BCUT2D eigenvalue weighted by atomic mass is 16.3. The summed E-state index contributed by atoms with van der Waals surface area (Å²) in [5.41, 5.74) is 1.60. The summed E-state index contributed by atoms with van der Waals surface area (Å²) in [4.78, 5) is 15.0. The molecule has 0 aliphatic heterocycles. The smallest absolute Gasteiger partial charge is 0.182 e. The summed E-state index contributed by atoms with van der Waals surface area (Å²) >= 11 is 0. The number of benzene rings is 1. The quantitative estimate of drug-likeness (QED) is 0.357. The molecule has 0 saturated carbocycles. The number of H-pyrrole nitrogens is 1. The van der Waals surface area contributed by atoms with Crippen LogP contribution in [0.15, 0.2) is 24.8 Å². The Morgan fingerprint density at radius 2 is 1.80 bits per heavy atom. The highest BCUT2D eigenvalue weighted by molar-refractivity contribution is 5.81. The number of phenols is 3. The van der Waals surface area contributed by atoms with Crippen LogP contribution in [0.4, 0.5) is 5.82 Å². The molecule has 0 aliphatic carbocycles. The second-order valence-electron chi connectivity index (χ2n) is 4.15. The van der Waals surface area contributed by atoms with Crippen LogP contribution in [-0.2, 0) is 6.54 Å². The summed E-state index contributed by atoms with van der Waals surface area (Å²) in [5.74, 6) is -0.264. The molecule has 0 atom stereocenters. The number of aromatic nitrogens is 4. The van der Waals surface area contributed by atoms with Crippen molar-refractivity contribution in [2.24, 2.45) is 0 Å². The van der Waals surface area contributed by atoms with Crippen molar-refractivity contribution in [1.29, 1.82) is 0 Å². The van der Waals surface area contributed by atoms with Gasteiger partial charge >= 0.3 is 0 Å². The van der Waals surface area contributed by atoms with E-state index in [0.717, 1.165) is 6.07 Å². The Kier molecular flexibility index (Phi) is 2.75. The lowest BCUT2D eigenvalue weighted by Gasteiger charge is -2.09. The number of imidazole rings is 1. The maximum absolute atomic E-state index is 9.70. The lowest BCUT2D eigenvalue weighted by Crippen LogP contribution is -2.02. The molecule has 0 saturated heterocycles. The van der Waals surface area contributed by atoms with Crippen LogP contribution >= 0.6 is 0 Å². The van der Waals surface area contributed by atoms with Crippen molar-refractivity contribution in [3.63, 3.8) is 0 Å². The van der Waals surface area contributed by atoms with E-state index in [2.05, 4.69) is 25.3 Å². The minimum atomic E-state index is -0.371. The molecule has 8 heteroatoms. The fraction of sp³-hybridized carbons (Fsp3) is 0.0833. The zero-order chi connectivity index (χ0) is 14.1. The van der Waals surface area contributed by atoms with Crippen LogP contribution in [-0.4, -0.2) is 35.3 Å². The first-order chi connectivity index (χ1) is 9.65. The van der Waals surface area contributed by atoms with Crippen molar-refractivity contribution in [3.8, 4) is 17.2 Å². The first-order valence-electron chi connectivity index (χ1n) is 5.77. The van der Waals surface area contributed by atoms with Gasteiger partial charge in [0, 0.05) is 18.2 Å². The first-order valence-corrected chi connectivity index (χ1v) is 5.77. The van der Waals surface area contributed by atoms with E-state index in [1.807, 2.05) is 0 Å². The molecule has 20 heavy (non-hydrogen) atoms. The number of anilines is 1. The number of hydrogen-bond acceptors (Lipinski definition) is 7. The molecule has 0 spiro atoms. The predicted octanol–water partition coefficient (Wildman–Crippen LogP) is 1.08. The fourth-order valence-corrected chi connectivity index (χ4v) is 1.83. The van der Waals surface area contributed by atoms with Crippen LogP contribution in [0.5, 0.6) is 17.2 Å². The van der Waals surface area contributed by atoms with E-state index < -0.39 is 0 Å². The van der Waals surface area contributed by atoms with E-state index >= 15 is 0 Å². The second-order valence-corrected chi connectivity index (χ2v) is 4.15.